The maximum absolute atomic E-state index is 12.5. The number of hydrogen-bond donors (Lipinski definition) is 1. The van der Waals surface area contributed by atoms with Crippen LogP contribution in [0.1, 0.15) is 10.4 Å². The predicted octanol–water partition coefficient (Wildman–Crippen LogP) is 3.99. The van der Waals surface area contributed by atoms with E-state index in [1.165, 1.54) is 11.3 Å². The Hall–Kier alpha value is -1.05. The van der Waals surface area contributed by atoms with Gasteiger partial charge >= 0.3 is 0 Å². The van der Waals surface area contributed by atoms with Gasteiger partial charge in [0, 0.05) is 24.7 Å². The Bertz CT molecular complexity index is 767. The van der Waals surface area contributed by atoms with Gasteiger partial charge in [-0.1, -0.05) is 0 Å². The first-order valence-electron chi connectivity index (χ1n) is 6.27. The summed E-state index contributed by atoms with van der Waals surface area (Å²) in [5, 5.41) is 0. The highest BCUT2D eigenvalue weighted by Crippen LogP contribution is 2.31. The summed E-state index contributed by atoms with van der Waals surface area (Å²) in [5.41, 5.74) is 2.52. The summed E-state index contributed by atoms with van der Waals surface area (Å²) in [4.78, 5) is 3.05. The maximum atomic E-state index is 12.5. The molecule has 0 unspecified atom stereocenters. The number of nitrogens with one attached hydrogen (secondary N) is 1. The first-order chi connectivity index (χ1) is 9.70. The van der Waals surface area contributed by atoms with Gasteiger partial charge in [-0.3, -0.25) is 4.72 Å². The number of sulfonamides is 1. The second-order valence-electron chi connectivity index (χ2n) is 4.97. The predicted molar refractivity (Wildman–Crippen MR) is 93.1 cm³/mol. The van der Waals surface area contributed by atoms with Crippen molar-refractivity contribution < 1.29 is 8.42 Å². The average molecular weight is 389 g/mol. The zero-order valence-corrected chi connectivity index (χ0v) is 15.5. The van der Waals surface area contributed by atoms with E-state index < -0.39 is 10.0 Å². The van der Waals surface area contributed by atoms with E-state index in [1.807, 2.05) is 38.1 Å². The Morgan fingerprint density at radius 3 is 2.33 bits per heavy atom. The molecule has 0 spiro atoms. The molecule has 0 atom stereocenters. The van der Waals surface area contributed by atoms with Crippen LogP contribution in [0.4, 0.5) is 11.4 Å². The fourth-order valence-electron chi connectivity index (χ4n) is 1.94. The van der Waals surface area contributed by atoms with Crippen molar-refractivity contribution in [3.63, 3.8) is 0 Å². The normalized spacial score (nSPS) is 11.5. The van der Waals surface area contributed by atoms with Crippen LogP contribution in [0.2, 0.25) is 0 Å². The SMILES string of the molecule is Cc1cc(N(C)C)ccc1NS(=O)(=O)c1cc(Br)sc1C. The molecule has 0 bridgehead atoms. The van der Waals surface area contributed by atoms with E-state index in [4.69, 9.17) is 0 Å². The molecule has 0 aliphatic heterocycles. The molecule has 0 amide bonds. The van der Waals surface area contributed by atoms with Crippen molar-refractivity contribution in [3.05, 3.63) is 38.5 Å². The molecule has 1 N–H and O–H groups in total. The summed E-state index contributed by atoms with van der Waals surface area (Å²) >= 11 is 4.73. The lowest BCUT2D eigenvalue weighted by molar-refractivity contribution is 0.601. The van der Waals surface area contributed by atoms with Crippen LogP contribution in [0.15, 0.2) is 32.9 Å². The second kappa shape index (κ2) is 5.98. The van der Waals surface area contributed by atoms with Crippen molar-refractivity contribution in [2.45, 2.75) is 18.7 Å². The highest BCUT2D eigenvalue weighted by atomic mass is 79.9. The summed E-state index contributed by atoms with van der Waals surface area (Å²) in [5.74, 6) is 0. The van der Waals surface area contributed by atoms with E-state index in [1.54, 1.807) is 19.1 Å². The standard InChI is InChI=1S/C14H17BrN2O2S2/c1-9-7-11(17(3)4)5-6-12(9)16-21(18,19)13-8-14(15)20-10(13)2/h5-8,16H,1-4H3. The number of rotatable bonds is 4. The largest absolute Gasteiger partial charge is 0.378 e. The summed E-state index contributed by atoms with van der Waals surface area (Å²) in [6, 6.07) is 7.26. The molecule has 2 rings (SSSR count). The third-order valence-corrected chi connectivity index (χ3v) is 6.28. The van der Waals surface area contributed by atoms with E-state index in [0.717, 1.165) is 19.9 Å². The number of halogens is 1. The van der Waals surface area contributed by atoms with Crippen molar-refractivity contribution in [2.75, 3.05) is 23.7 Å². The van der Waals surface area contributed by atoms with Crippen LogP contribution in [0.25, 0.3) is 0 Å². The van der Waals surface area contributed by atoms with Crippen LogP contribution in [-0.4, -0.2) is 22.5 Å². The lowest BCUT2D eigenvalue weighted by Gasteiger charge is -2.16. The van der Waals surface area contributed by atoms with Crippen molar-refractivity contribution >= 4 is 48.7 Å². The molecule has 0 radical (unpaired) electrons. The van der Waals surface area contributed by atoms with E-state index in [0.29, 0.717) is 10.6 Å². The van der Waals surface area contributed by atoms with Crippen LogP contribution in [0.5, 0.6) is 0 Å². The fraction of sp³-hybridized carbons (Fsp3) is 0.286. The van der Waals surface area contributed by atoms with Gasteiger partial charge in [-0.05, 0) is 59.6 Å². The number of thiophene rings is 1. The van der Waals surface area contributed by atoms with Crippen LogP contribution in [0.3, 0.4) is 0 Å². The van der Waals surface area contributed by atoms with Gasteiger partial charge in [0.15, 0.2) is 0 Å². The third-order valence-electron chi connectivity index (χ3n) is 3.10. The molecule has 7 heteroatoms. The van der Waals surface area contributed by atoms with Gasteiger partial charge in [-0.25, -0.2) is 8.42 Å². The number of anilines is 2. The Labute approximate surface area is 138 Å². The summed E-state index contributed by atoms with van der Waals surface area (Å²) in [6.07, 6.45) is 0. The number of nitrogens with zero attached hydrogens (tertiary/aromatic N) is 1. The van der Waals surface area contributed by atoms with Crippen LogP contribution in [0, 0.1) is 13.8 Å². The van der Waals surface area contributed by atoms with Crippen molar-refractivity contribution in [1.82, 2.24) is 0 Å². The zero-order valence-electron chi connectivity index (χ0n) is 12.3. The molecule has 1 aromatic carbocycles. The lowest BCUT2D eigenvalue weighted by Crippen LogP contribution is -2.14. The smallest absolute Gasteiger partial charge is 0.263 e. The van der Waals surface area contributed by atoms with Gasteiger partial charge < -0.3 is 4.90 Å². The van der Waals surface area contributed by atoms with Gasteiger partial charge in [0.1, 0.15) is 4.90 Å². The van der Waals surface area contributed by atoms with Gasteiger partial charge in [-0.2, -0.15) is 0 Å². The van der Waals surface area contributed by atoms with Gasteiger partial charge in [-0.15, -0.1) is 11.3 Å². The van der Waals surface area contributed by atoms with E-state index in [-0.39, 0.29) is 0 Å². The molecule has 4 nitrogen and oxygen atoms in total. The van der Waals surface area contributed by atoms with Crippen molar-refractivity contribution in [3.8, 4) is 0 Å². The van der Waals surface area contributed by atoms with E-state index in [9.17, 15) is 8.42 Å². The average Bonchev–Trinajstić information content (AvgIpc) is 2.71. The first kappa shape index (κ1) is 16.3. The number of benzene rings is 1. The molecule has 2 aromatic rings. The second-order valence-corrected chi connectivity index (χ2v) is 9.26. The van der Waals surface area contributed by atoms with E-state index in [2.05, 4.69) is 20.7 Å². The van der Waals surface area contributed by atoms with Gasteiger partial charge in [0.05, 0.1) is 9.47 Å². The van der Waals surface area contributed by atoms with Crippen LogP contribution < -0.4 is 9.62 Å². The van der Waals surface area contributed by atoms with Gasteiger partial charge in [0.25, 0.3) is 10.0 Å². The molecular formula is C14H17BrN2O2S2. The molecular weight excluding hydrogens is 372 g/mol. The lowest BCUT2D eigenvalue weighted by atomic mass is 10.2. The Kier molecular flexibility index (Phi) is 4.65. The quantitative estimate of drug-likeness (QED) is 0.860. The molecule has 0 fully saturated rings. The van der Waals surface area contributed by atoms with Crippen molar-refractivity contribution in [1.29, 1.82) is 0 Å². The first-order valence-corrected chi connectivity index (χ1v) is 9.36. The number of aryl methyl sites for hydroxylation is 2. The fourth-order valence-corrected chi connectivity index (χ4v) is 5.48. The highest BCUT2D eigenvalue weighted by Gasteiger charge is 2.20. The minimum atomic E-state index is -3.56. The summed E-state index contributed by atoms with van der Waals surface area (Å²) < 4.78 is 28.4. The number of hydrogen-bond acceptors (Lipinski definition) is 4. The molecule has 21 heavy (non-hydrogen) atoms. The maximum Gasteiger partial charge on any atom is 0.263 e. The third kappa shape index (κ3) is 3.59. The summed E-state index contributed by atoms with van der Waals surface area (Å²) in [7, 11) is 0.337. The van der Waals surface area contributed by atoms with E-state index >= 15 is 0 Å². The highest BCUT2D eigenvalue weighted by molar-refractivity contribution is 9.11. The van der Waals surface area contributed by atoms with Crippen LogP contribution >= 0.6 is 27.3 Å². The molecule has 0 aliphatic carbocycles. The molecule has 1 heterocycles. The molecule has 0 aliphatic rings. The minimum Gasteiger partial charge on any atom is -0.378 e. The molecule has 1 aromatic heterocycles. The zero-order chi connectivity index (χ0) is 15.8. The van der Waals surface area contributed by atoms with Crippen molar-refractivity contribution in [2.24, 2.45) is 0 Å². The minimum absolute atomic E-state index is 0.315. The Morgan fingerprint density at radius 2 is 1.86 bits per heavy atom. The Balaban J connectivity index is 2.35. The monoisotopic (exact) mass is 388 g/mol. The summed E-state index contributed by atoms with van der Waals surface area (Å²) in [6.45, 7) is 3.69. The molecule has 114 valence electrons. The van der Waals surface area contributed by atoms with Gasteiger partial charge in [0.2, 0.25) is 0 Å². The topological polar surface area (TPSA) is 49.4 Å². The Morgan fingerprint density at radius 1 is 1.19 bits per heavy atom. The molecule has 0 saturated heterocycles. The molecule has 0 saturated carbocycles. The van der Waals surface area contributed by atoms with Crippen LogP contribution in [-0.2, 0) is 10.0 Å².